The van der Waals surface area contributed by atoms with E-state index in [9.17, 15) is 14.4 Å². The second-order valence-corrected chi connectivity index (χ2v) is 9.34. The smallest absolute Gasteiger partial charge is 0.378 e. The van der Waals surface area contributed by atoms with Gasteiger partial charge in [0.1, 0.15) is 0 Å². The minimum atomic E-state index is -0.615. The lowest BCUT2D eigenvalue weighted by Crippen LogP contribution is -2.40. The lowest BCUT2D eigenvalue weighted by atomic mass is 10.0. The van der Waals surface area contributed by atoms with E-state index in [1.807, 2.05) is 6.07 Å². The number of ether oxygens (including phenoxy) is 1. The van der Waals surface area contributed by atoms with Crippen LogP contribution in [0.15, 0.2) is 18.2 Å². The number of amides is 3. The predicted octanol–water partition coefficient (Wildman–Crippen LogP) is 1.74. The molecule has 0 bridgehead atoms. The fraction of sp³-hybridized carbons (Fsp3) is 0.591. The van der Waals surface area contributed by atoms with Crippen molar-refractivity contribution in [3.05, 3.63) is 28.8 Å². The normalized spacial score (nSPS) is 26.2. The van der Waals surface area contributed by atoms with Crippen LogP contribution in [0.5, 0.6) is 0 Å². The van der Waals surface area contributed by atoms with Crippen LogP contribution in [0.2, 0.25) is 5.02 Å². The average molecular weight is 463 g/mol. The molecule has 5 rings (SSSR count). The first-order chi connectivity index (χ1) is 15.5. The van der Waals surface area contributed by atoms with E-state index < -0.39 is 17.9 Å². The molecule has 172 valence electrons. The molecule has 1 aromatic rings. The number of likely N-dealkylation sites (tertiary alicyclic amines) is 2. The van der Waals surface area contributed by atoms with Crippen LogP contribution in [-0.4, -0.2) is 85.3 Å². The number of morpholine rings is 1. The molecule has 3 amide bonds. The largest absolute Gasteiger partial charge is 0.434 e. The highest BCUT2D eigenvalue weighted by Crippen LogP contribution is 2.34. The zero-order valence-electron chi connectivity index (χ0n) is 17.9. The van der Waals surface area contributed by atoms with Crippen molar-refractivity contribution in [2.45, 2.75) is 19.4 Å². The topological polar surface area (TPSA) is 82.6 Å². The third-order valence-corrected chi connectivity index (χ3v) is 7.15. The maximum atomic E-state index is 12.4. The van der Waals surface area contributed by atoms with Gasteiger partial charge in [-0.3, -0.25) is 14.5 Å². The standard InChI is InChI=1S/C22H27ClN4O5/c23-19-9-18(25-5-7-31-8-6-25)2-1-15(19)10-24-11-16-13-26(14-17(16)12-24)22(30)32-27-20(28)3-4-21(27)29/h1-2,9,16-17H,3-8,10-14H2. The van der Waals surface area contributed by atoms with Crippen molar-refractivity contribution in [3.63, 3.8) is 0 Å². The molecule has 0 spiro atoms. The van der Waals surface area contributed by atoms with Gasteiger partial charge >= 0.3 is 6.09 Å². The van der Waals surface area contributed by atoms with Crippen LogP contribution in [0.3, 0.4) is 0 Å². The van der Waals surface area contributed by atoms with Crippen LogP contribution in [0, 0.1) is 11.8 Å². The molecule has 32 heavy (non-hydrogen) atoms. The first-order valence-electron chi connectivity index (χ1n) is 11.1. The molecular weight excluding hydrogens is 436 g/mol. The molecule has 4 aliphatic rings. The summed E-state index contributed by atoms with van der Waals surface area (Å²) in [5.74, 6) is -0.214. The molecular formula is C22H27ClN4O5. The fourth-order valence-corrected chi connectivity index (χ4v) is 5.32. The number of carbonyl (C=O) groups is 3. The fourth-order valence-electron chi connectivity index (χ4n) is 5.09. The maximum Gasteiger partial charge on any atom is 0.434 e. The lowest BCUT2D eigenvalue weighted by molar-refractivity contribution is -0.173. The number of benzene rings is 1. The van der Waals surface area contributed by atoms with Gasteiger partial charge in [-0.1, -0.05) is 17.7 Å². The highest BCUT2D eigenvalue weighted by molar-refractivity contribution is 6.31. The van der Waals surface area contributed by atoms with Crippen molar-refractivity contribution in [1.82, 2.24) is 14.9 Å². The molecule has 10 heteroatoms. The van der Waals surface area contributed by atoms with Crippen molar-refractivity contribution >= 4 is 35.2 Å². The molecule has 4 saturated heterocycles. The predicted molar refractivity (Wildman–Crippen MR) is 116 cm³/mol. The molecule has 4 fully saturated rings. The minimum absolute atomic E-state index is 0.0995. The molecule has 0 radical (unpaired) electrons. The number of fused-ring (bicyclic) bond motifs is 1. The summed E-state index contributed by atoms with van der Waals surface area (Å²) in [5, 5.41) is 1.39. The number of nitrogens with zero attached hydrogens (tertiary/aromatic N) is 4. The van der Waals surface area contributed by atoms with Gasteiger partial charge in [-0.2, -0.15) is 0 Å². The van der Waals surface area contributed by atoms with Gasteiger partial charge in [0, 0.05) is 69.4 Å². The lowest BCUT2D eigenvalue weighted by Gasteiger charge is -2.29. The van der Waals surface area contributed by atoms with Crippen LogP contribution in [0.4, 0.5) is 10.5 Å². The number of carbonyl (C=O) groups excluding carboxylic acids is 3. The van der Waals surface area contributed by atoms with E-state index in [2.05, 4.69) is 21.9 Å². The van der Waals surface area contributed by atoms with Gasteiger partial charge in [0.25, 0.3) is 11.8 Å². The van der Waals surface area contributed by atoms with E-state index in [1.165, 1.54) is 0 Å². The molecule has 2 atom stereocenters. The minimum Gasteiger partial charge on any atom is -0.378 e. The van der Waals surface area contributed by atoms with Crippen LogP contribution in [0.1, 0.15) is 18.4 Å². The Hall–Kier alpha value is -2.36. The Morgan fingerprint density at radius 1 is 1.03 bits per heavy atom. The Labute approximate surface area is 191 Å². The maximum absolute atomic E-state index is 12.4. The van der Waals surface area contributed by atoms with Crippen LogP contribution in [0.25, 0.3) is 0 Å². The van der Waals surface area contributed by atoms with Crippen molar-refractivity contribution in [2.24, 2.45) is 11.8 Å². The Morgan fingerprint density at radius 3 is 2.31 bits per heavy atom. The van der Waals surface area contributed by atoms with Gasteiger partial charge in [-0.15, -0.1) is 5.06 Å². The number of hydrogen-bond donors (Lipinski definition) is 0. The highest BCUT2D eigenvalue weighted by atomic mass is 35.5. The monoisotopic (exact) mass is 462 g/mol. The van der Waals surface area contributed by atoms with E-state index >= 15 is 0 Å². The van der Waals surface area contributed by atoms with Gasteiger partial charge < -0.3 is 19.4 Å². The van der Waals surface area contributed by atoms with Gasteiger partial charge in [0.15, 0.2) is 0 Å². The Morgan fingerprint density at radius 2 is 1.69 bits per heavy atom. The van der Waals surface area contributed by atoms with E-state index in [0.29, 0.717) is 30.0 Å². The summed E-state index contributed by atoms with van der Waals surface area (Å²) in [6.07, 6.45) is -0.416. The number of anilines is 1. The Balaban J connectivity index is 1.13. The summed E-state index contributed by atoms with van der Waals surface area (Å²) in [5.41, 5.74) is 2.23. The average Bonchev–Trinajstić information content (AvgIpc) is 3.45. The van der Waals surface area contributed by atoms with E-state index in [-0.39, 0.29) is 12.8 Å². The SMILES string of the molecule is O=C(ON1C(=O)CCC1=O)N1CC2CN(Cc3ccc(N4CCOCC4)cc3Cl)CC2C1. The first-order valence-corrected chi connectivity index (χ1v) is 11.5. The summed E-state index contributed by atoms with van der Waals surface area (Å²) in [6.45, 7) is 6.90. The second-order valence-electron chi connectivity index (χ2n) is 8.93. The number of rotatable bonds is 4. The quantitative estimate of drug-likeness (QED) is 0.630. The molecule has 0 N–H and O–H groups in total. The van der Waals surface area contributed by atoms with Crippen LogP contribution in [-0.2, 0) is 25.7 Å². The van der Waals surface area contributed by atoms with Gasteiger partial charge in [0.2, 0.25) is 0 Å². The van der Waals surface area contributed by atoms with Gasteiger partial charge in [-0.25, -0.2) is 4.79 Å². The molecule has 0 saturated carbocycles. The highest BCUT2D eigenvalue weighted by Gasteiger charge is 2.43. The van der Waals surface area contributed by atoms with Crippen molar-refractivity contribution in [2.75, 3.05) is 57.4 Å². The summed E-state index contributed by atoms with van der Waals surface area (Å²) in [6, 6.07) is 6.27. The third-order valence-electron chi connectivity index (χ3n) is 6.80. The number of halogens is 1. The summed E-state index contributed by atoms with van der Waals surface area (Å²) in [4.78, 5) is 47.1. The first kappa shape index (κ1) is 21.5. The van der Waals surface area contributed by atoms with E-state index in [0.717, 1.165) is 62.2 Å². The molecule has 4 heterocycles. The summed E-state index contributed by atoms with van der Waals surface area (Å²) >= 11 is 6.60. The number of hydrogen-bond acceptors (Lipinski definition) is 7. The van der Waals surface area contributed by atoms with E-state index in [1.54, 1.807) is 4.90 Å². The van der Waals surface area contributed by atoms with Crippen LogP contribution >= 0.6 is 11.6 Å². The van der Waals surface area contributed by atoms with Crippen molar-refractivity contribution < 1.29 is 24.0 Å². The van der Waals surface area contributed by atoms with Crippen molar-refractivity contribution in [1.29, 1.82) is 0 Å². The zero-order chi connectivity index (χ0) is 22.2. The zero-order valence-corrected chi connectivity index (χ0v) is 18.6. The Kier molecular flexibility index (Phi) is 5.96. The molecule has 0 aromatic heterocycles. The Bertz CT molecular complexity index is 892. The number of imide groups is 1. The number of hydroxylamine groups is 2. The molecule has 2 unspecified atom stereocenters. The van der Waals surface area contributed by atoms with Crippen molar-refractivity contribution in [3.8, 4) is 0 Å². The molecule has 9 nitrogen and oxygen atoms in total. The summed E-state index contributed by atoms with van der Waals surface area (Å²) < 4.78 is 5.42. The molecule has 0 aliphatic carbocycles. The molecule has 1 aromatic carbocycles. The van der Waals surface area contributed by atoms with Gasteiger partial charge in [-0.05, 0) is 29.5 Å². The summed E-state index contributed by atoms with van der Waals surface area (Å²) in [7, 11) is 0. The second kappa shape index (κ2) is 8.88. The van der Waals surface area contributed by atoms with E-state index in [4.69, 9.17) is 21.2 Å². The third kappa shape index (κ3) is 4.29. The molecule has 4 aliphatic heterocycles. The van der Waals surface area contributed by atoms with Crippen LogP contribution < -0.4 is 4.90 Å². The van der Waals surface area contributed by atoms with Gasteiger partial charge in [0.05, 0.1) is 13.2 Å².